The second-order valence-electron chi connectivity index (χ2n) is 7.78. The summed E-state index contributed by atoms with van der Waals surface area (Å²) >= 11 is 0. The number of rotatable bonds is 5. The van der Waals surface area contributed by atoms with E-state index >= 15 is 0 Å². The average molecular weight is 409 g/mol. The van der Waals surface area contributed by atoms with Crippen molar-refractivity contribution in [3.05, 3.63) is 59.9 Å². The van der Waals surface area contributed by atoms with E-state index in [1.165, 1.54) is 0 Å². The molecule has 2 aliphatic rings. The van der Waals surface area contributed by atoms with Crippen LogP contribution in [0.25, 0.3) is 0 Å². The maximum absolute atomic E-state index is 13.7. The van der Waals surface area contributed by atoms with Gasteiger partial charge in [-0.25, -0.2) is 0 Å². The Hall–Kier alpha value is -2.93. The van der Waals surface area contributed by atoms with Crippen molar-refractivity contribution in [3.63, 3.8) is 0 Å². The fourth-order valence-corrected chi connectivity index (χ4v) is 4.43. The van der Waals surface area contributed by atoms with E-state index in [4.69, 9.17) is 9.47 Å². The van der Waals surface area contributed by atoms with Crippen LogP contribution in [0.3, 0.4) is 0 Å². The normalized spacial score (nSPS) is 23.8. The van der Waals surface area contributed by atoms with E-state index in [9.17, 15) is 9.59 Å². The molecule has 0 aliphatic carbocycles. The van der Waals surface area contributed by atoms with Gasteiger partial charge in [-0.05, 0) is 29.3 Å². The SMILES string of the molecule is CCC(=O)N1C[C@H](c2cccnc2)[C@@]2(C1)OCCN(Cc1ccc(OC)cc1)C2=O. The van der Waals surface area contributed by atoms with Crippen molar-refractivity contribution in [2.75, 3.05) is 33.4 Å². The second-order valence-corrected chi connectivity index (χ2v) is 7.78. The quantitative estimate of drug-likeness (QED) is 0.757. The van der Waals surface area contributed by atoms with Gasteiger partial charge >= 0.3 is 0 Å². The van der Waals surface area contributed by atoms with Gasteiger partial charge in [0, 0.05) is 44.4 Å². The van der Waals surface area contributed by atoms with Crippen molar-refractivity contribution < 1.29 is 19.1 Å². The predicted molar refractivity (Wildman–Crippen MR) is 111 cm³/mol. The van der Waals surface area contributed by atoms with E-state index in [0.29, 0.717) is 32.7 Å². The van der Waals surface area contributed by atoms with Gasteiger partial charge in [-0.15, -0.1) is 0 Å². The van der Waals surface area contributed by atoms with Gasteiger partial charge in [0.25, 0.3) is 5.91 Å². The van der Waals surface area contributed by atoms with Crippen molar-refractivity contribution >= 4 is 11.8 Å². The van der Waals surface area contributed by atoms with Gasteiger partial charge < -0.3 is 19.3 Å². The summed E-state index contributed by atoms with van der Waals surface area (Å²) in [5.74, 6) is 0.506. The van der Waals surface area contributed by atoms with Crippen LogP contribution >= 0.6 is 0 Å². The molecule has 0 radical (unpaired) electrons. The third-order valence-corrected chi connectivity index (χ3v) is 6.04. The number of hydrogen-bond donors (Lipinski definition) is 0. The highest BCUT2D eigenvalue weighted by molar-refractivity contribution is 5.90. The van der Waals surface area contributed by atoms with Crippen LogP contribution in [0.5, 0.6) is 5.75 Å². The summed E-state index contributed by atoms with van der Waals surface area (Å²) in [6.07, 6.45) is 3.88. The van der Waals surface area contributed by atoms with E-state index in [0.717, 1.165) is 16.9 Å². The first kappa shape index (κ1) is 20.3. The molecule has 0 unspecified atom stereocenters. The van der Waals surface area contributed by atoms with E-state index in [1.54, 1.807) is 24.4 Å². The Labute approximate surface area is 176 Å². The zero-order valence-electron chi connectivity index (χ0n) is 17.4. The van der Waals surface area contributed by atoms with Crippen LogP contribution in [0.2, 0.25) is 0 Å². The van der Waals surface area contributed by atoms with Crippen LogP contribution < -0.4 is 4.74 Å². The molecule has 1 spiro atoms. The zero-order chi connectivity index (χ0) is 21.1. The number of amides is 2. The summed E-state index contributed by atoms with van der Waals surface area (Å²) in [5.41, 5.74) is 0.876. The Bertz CT molecular complexity index is 902. The molecule has 0 bridgehead atoms. The summed E-state index contributed by atoms with van der Waals surface area (Å²) < 4.78 is 11.4. The monoisotopic (exact) mass is 409 g/mol. The van der Waals surface area contributed by atoms with Crippen LogP contribution in [-0.2, 0) is 20.9 Å². The molecular formula is C23H27N3O4. The molecule has 0 N–H and O–H groups in total. The van der Waals surface area contributed by atoms with Crippen molar-refractivity contribution in [2.45, 2.75) is 31.4 Å². The number of ether oxygens (including phenoxy) is 2. The highest BCUT2D eigenvalue weighted by atomic mass is 16.5. The number of carbonyl (C=O) groups excluding carboxylic acids is 2. The first-order valence-corrected chi connectivity index (χ1v) is 10.3. The predicted octanol–water partition coefficient (Wildman–Crippen LogP) is 2.22. The van der Waals surface area contributed by atoms with E-state index in [2.05, 4.69) is 4.98 Å². The number of likely N-dealkylation sites (tertiary alicyclic amines) is 1. The molecule has 1 aromatic heterocycles. The number of hydrogen-bond acceptors (Lipinski definition) is 5. The Balaban J connectivity index is 1.63. The molecule has 7 nitrogen and oxygen atoms in total. The first-order valence-electron chi connectivity index (χ1n) is 10.3. The lowest BCUT2D eigenvalue weighted by Gasteiger charge is -2.42. The van der Waals surface area contributed by atoms with Gasteiger partial charge in [0.1, 0.15) is 5.75 Å². The molecule has 30 heavy (non-hydrogen) atoms. The summed E-state index contributed by atoms with van der Waals surface area (Å²) in [4.78, 5) is 34.0. The highest BCUT2D eigenvalue weighted by Crippen LogP contribution is 2.42. The fourth-order valence-electron chi connectivity index (χ4n) is 4.43. The third kappa shape index (κ3) is 3.65. The number of nitrogens with zero attached hydrogens (tertiary/aromatic N) is 3. The highest BCUT2D eigenvalue weighted by Gasteiger charge is 2.57. The maximum atomic E-state index is 13.7. The van der Waals surface area contributed by atoms with Crippen molar-refractivity contribution in [1.82, 2.24) is 14.8 Å². The zero-order valence-corrected chi connectivity index (χ0v) is 17.4. The number of aromatic nitrogens is 1. The topological polar surface area (TPSA) is 72.0 Å². The summed E-state index contributed by atoms with van der Waals surface area (Å²) in [6, 6.07) is 11.5. The molecule has 2 atom stereocenters. The number of methoxy groups -OCH3 is 1. The molecule has 2 aromatic rings. The van der Waals surface area contributed by atoms with Crippen LogP contribution in [0.15, 0.2) is 48.8 Å². The Kier molecular flexibility index (Phi) is 5.72. The van der Waals surface area contributed by atoms with Gasteiger partial charge in [-0.3, -0.25) is 14.6 Å². The van der Waals surface area contributed by atoms with E-state index in [-0.39, 0.29) is 24.3 Å². The molecule has 4 rings (SSSR count). The van der Waals surface area contributed by atoms with E-state index in [1.807, 2.05) is 48.2 Å². The van der Waals surface area contributed by atoms with Crippen LogP contribution in [-0.4, -0.2) is 65.6 Å². The standard InChI is InChI=1S/C23H27N3O4/c1-3-21(27)26-15-20(18-5-4-10-24-13-18)23(16-26)22(28)25(11-12-30-23)14-17-6-8-19(29-2)9-7-17/h4-10,13,20H,3,11-12,14-16H2,1-2H3/t20-,23-/m1/s1. The van der Waals surface area contributed by atoms with Crippen LogP contribution in [0.4, 0.5) is 0 Å². The van der Waals surface area contributed by atoms with Crippen molar-refractivity contribution in [3.8, 4) is 5.75 Å². The lowest BCUT2D eigenvalue weighted by Crippen LogP contribution is -2.60. The lowest BCUT2D eigenvalue weighted by molar-refractivity contribution is -0.173. The molecule has 0 saturated carbocycles. The van der Waals surface area contributed by atoms with Crippen molar-refractivity contribution in [2.24, 2.45) is 0 Å². The minimum atomic E-state index is -1.07. The number of morpholine rings is 1. The molecular weight excluding hydrogens is 382 g/mol. The average Bonchev–Trinajstić information content (AvgIpc) is 3.18. The molecule has 7 heteroatoms. The number of pyridine rings is 1. The largest absolute Gasteiger partial charge is 0.497 e. The third-order valence-electron chi connectivity index (χ3n) is 6.04. The van der Waals surface area contributed by atoms with Crippen LogP contribution in [0.1, 0.15) is 30.4 Å². The van der Waals surface area contributed by atoms with Gasteiger partial charge in [0.2, 0.25) is 5.91 Å². The molecule has 2 saturated heterocycles. The summed E-state index contributed by atoms with van der Waals surface area (Å²) in [7, 11) is 1.63. The number of benzene rings is 1. The van der Waals surface area contributed by atoms with Crippen molar-refractivity contribution in [1.29, 1.82) is 0 Å². The Morgan fingerprint density at radius 2 is 2.10 bits per heavy atom. The molecule has 2 amide bonds. The fraction of sp³-hybridized carbons (Fsp3) is 0.435. The first-order chi connectivity index (χ1) is 14.6. The second kappa shape index (κ2) is 8.44. The van der Waals surface area contributed by atoms with Crippen LogP contribution in [0, 0.1) is 0 Å². The molecule has 158 valence electrons. The smallest absolute Gasteiger partial charge is 0.257 e. The number of carbonyl (C=O) groups is 2. The lowest BCUT2D eigenvalue weighted by atomic mass is 9.83. The van der Waals surface area contributed by atoms with Gasteiger partial charge in [-0.1, -0.05) is 25.1 Å². The van der Waals surface area contributed by atoms with Gasteiger partial charge in [-0.2, -0.15) is 0 Å². The molecule has 2 aliphatic heterocycles. The Morgan fingerprint density at radius 1 is 1.30 bits per heavy atom. The molecule has 3 heterocycles. The molecule has 2 fully saturated rings. The minimum Gasteiger partial charge on any atom is -0.497 e. The van der Waals surface area contributed by atoms with Gasteiger partial charge in [0.05, 0.1) is 20.3 Å². The minimum absolute atomic E-state index is 0.0319. The summed E-state index contributed by atoms with van der Waals surface area (Å²) in [6.45, 7) is 4.03. The summed E-state index contributed by atoms with van der Waals surface area (Å²) in [5, 5.41) is 0. The maximum Gasteiger partial charge on any atom is 0.257 e. The van der Waals surface area contributed by atoms with E-state index < -0.39 is 5.60 Å². The molecule has 1 aromatic carbocycles. The Morgan fingerprint density at radius 3 is 2.77 bits per heavy atom. The van der Waals surface area contributed by atoms with Gasteiger partial charge in [0.15, 0.2) is 5.60 Å².